The molecule has 0 atom stereocenters. The molecule has 0 fully saturated rings. The smallest absolute Gasteiger partial charge is 0.330 e. The van der Waals surface area contributed by atoms with Crippen molar-refractivity contribution in [2.45, 2.75) is 59.0 Å². The number of carbonyl (C=O) groups is 1. The van der Waals surface area contributed by atoms with E-state index in [9.17, 15) is 9.90 Å². The molecular weight excluding hydrogens is 376 g/mol. The molecule has 0 aromatic heterocycles. The van der Waals surface area contributed by atoms with Crippen molar-refractivity contribution in [1.29, 1.82) is 0 Å². The number of ether oxygens (including phenoxy) is 2. The first-order valence-corrected chi connectivity index (χ1v) is 10.3. The average molecular weight is 411 g/mol. The Labute approximate surface area is 180 Å². The summed E-state index contributed by atoms with van der Waals surface area (Å²) in [4.78, 5) is 11.8. The Morgan fingerprint density at radius 1 is 0.933 bits per heavy atom. The van der Waals surface area contributed by atoms with E-state index in [1.807, 2.05) is 42.5 Å². The number of rotatable bonds is 7. The highest BCUT2D eigenvalue weighted by atomic mass is 16.6. The fourth-order valence-electron chi connectivity index (χ4n) is 3.09. The number of hydrogen-bond acceptors (Lipinski definition) is 4. The summed E-state index contributed by atoms with van der Waals surface area (Å²) in [7, 11) is 0. The van der Waals surface area contributed by atoms with Gasteiger partial charge >= 0.3 is 5.97 Å². The standard InChI is InChI=1S/C26H34O4/c1-25(2,3)21-16-20(17-22(24(21)28)26(4,5)6)18-29-14-15-30-23(27)13-12-19-10-8-7-9-11-19/h7-13,16-17,28H,14-15,18H2,1-6H3/b13-12+. The molecule has 2 rings (SSSR count). The molecule has 0 saturated heterocycles. The Balaban J connectivity index is 1.91. The molecule has 0 aliphatic heterocycles. The molecule has 4 heteroatoms. The maximum atomic E-state index is 11.8. The first-order chi connectivity index (χ1) is 14.0. The molecular formula is C26H34O4. The summed E-state index contributed by atoms with van der Waals surface area (Å²) in [5.74, 6) is -0.0324. The van der Waals surface area contributed by atoms with Crippen LogP contribution in [0.25, 0.3) is 6.08 Å². The van der Waals surface area contributed by atoms with Crippen LogP contribution in [-0.2, 0) is 31.7 Å². The van der Waals surface area contributed by atoms with Gasteiger partial charge in [0.25, 0.3) is 0 Å². The highest BCUT2D eigenvalue weighted by Gasteiger charge is 2.26. The first kappa shape index (κ1) is 23.7. The molecule has 0 heterocycles. The second kappa shape index (κ2) is 9.94. The van der Waals surface area contributed by atoms with Crippen LogP contribution in [0.15, 0.2) is 48.5 Å². The van der Waals surface area contributed by atoms with Gasteiger partial charge in [-0.3, -0.25) is 0 Å². The van der Waals surface area contributed by atoms with E-state index in [1.165, 1.54) is 6.08 Å². The average Bonchev–Trinajstić information content (AvgIpc) is 2.66. The molecule has 4 nitrogen and oxygen atoms in total. The maximum absolute atomic E-state index is 11.8. The summed E-state index contributed by atoms with van der Waals surface area (Å²) in [6.07, 6.45) is 3.14. The zero-order valence-corrected chi connectivity index (χ0v) is 19.0. The Kier molecular flexibility index (Phi) is 7.85. The Morgan fingerprint density at radius 2 is 1.50 bits per heavy atom. The topological polar surface area (TPSA) is 55.8 Å². The molecule has 2 aromatic carbocycles. The van der Waals surface area contributed by atoms with Gasteiger partial charge in [-0.15, -0.1) is 0 Å². The van der Waals surface area contributed by atoms with Crippen LogP contribution in [0.5, 0.6) is 5.75 Å². The number of carbonyl (C=O) groups excluding carboxylic acids is 1. The van der Waals surface area contributed by atoms with Gasteiger partial charge in [0.15, 0.2) is 0 Å². The third-order valence-electron chi connectivity index (χ3n) is 4.74. The molecule has 0 spiro atoms. The van der Waals surface area contributed by atoms with Gasteiger partial charge in [-0.2, -0.15) is 0 Å². The minimum Gasteiger partial charge on any atom is -0.507 e. The van der Waals surface area contributed by atoms with E-state index in [0.717, 1.165) is 22.3 Å². The molecule has 0 bridgehead atoms. The van der Waals surface area contributed by atoms with Gasteiger partial charge in [-0.1, -0.05) is 71.9 Å². The zero-order valence-electron chi connectivity index (χ0n) is 19.0. The van der Waals surface area contributed by atoms with Crippen LogP contribution < -0.4 is 0 Å². The van der Waals surface area contributed by atoms with Crippen molar-refractivity contribution >= 4 is 12.0 Å². The van der Waals surface area contributed by atoms with Gasteiger partial charge in [0.05, 0.1) is 13.2 Å². The zero-order chi connectivity index (χ0) is 22.4. The molecule has 0 unspecified atom stereocenters. The Hall–Kier alpha value is -2.59. The molecule has 0 amide bonds. The monoisotopic (exact) mass is 410 g/mol. The van der Waals surface area contributed by atoms with Gasteiger partial charge in [-0.05, 0) is 51.3 Å². The van der Waals surface area contributed by atoms with E-state index in [-0.39, 0.29) is 17.4 Å². The van der Waals surface area contributed by atoms with Gasteiger partial charge in [0, 0.05) is 6.08 Å². The quantitative estimate of drug-likeness (QED) is 0.358. The largest absolute Gasteiger partial charge is 0.507 e. The lowest BCUT2D eigenvalue weighted by Gasteiger charge is -2.28. The van der Waals surface area contributed by atoms with Gasteiger partial charge in [0.1, 0.15) is 12.4 Å². The predicted molar refractivity (Wildman–Crippen MR) is 122 cm³/mol. The minimum absolute atomic E-state index is 0.180. The number of aromatic hydroxyl groups is 1. The van der Waals surface area contributed by atoms with E-state index in [4.69, 9.17) is 9.47 Å². The van der Waals surface area contributed by atoms with Crippen molar-refractivity contribution in [2.75, 3.05) is 13.2 Å². The molecule has 1 N–H and O–H groups in total. The predicted octanol–water partition coefficient (Wildman–Crippen LogP) is 5.76. The summed E-state index contributed by atoms with van der Waals surface area (Å²) < 4.78 is 10.9. The second-order valence-electron chi connectivity index (χ2n) is 9.50. The van der Waals surface area contributed by atoms with Crippen LogP contribution in [0, 0.1) is 0 Å². The van der Waals surface area contributed by atoms with E-state index in [0.29, 0.717) is 19.0 Å². The third-order valence-corrected chi connectivity index (χ3v) is 4.74. The molecule has 0 aliphatic rings. The fourth-order valence-corrected chi connectivity index (χ4v) is 3.09. The number of benzene rings is 2. The lowest BCUT2D eigenvalue weighted by atomic mass is 9.78. The van der Waals surface area contributed by atoms with Crippen LogP contribution in [0.4, 0.5) is 0 Å². The Morgan fingerprint density at radius 3 is 2.03 bits per heavy atom. The highest BCUT2D eigenvalue weighted by Crippen LogP contribution is 2.39. The van der Waals surface area contributed by atoms with Crippen molar-refractivity contribution in [3.8, 4) is 5.75 Å². The molecule has 2 aromatic rings. The van der Waals surface area contributed by atoms with E-state index >= 15 is 0 Å². The summed E-state index contributed by atoms with van der Waals surface area (Å²) in [5.41, 5.74) is 3.40. The molecule has 0 aliphatic carbocycles. The minimum atomic E-state index is -0.392. The number of hydrogen-bond donors (Lipinski definition) is 1. The number of esters is 1. The van der Waals surface area contributed by atoms with Crippen LogP contribution in [0.3, 0.4) is 0 Å². The summed E-state index contributed by atoms with van der Waals surface area (Å²) >= 11 is 0. The highest BCUT2D eigenvalue weighted by molar-refractivity contribution is 5.87. The lowest BCUT2D eigenvalue weighted by Crippen LogP contribution is -2.18. The van der Waals surface area contributed by atoms with Gasteiger partial charge in [0.2, 0.25) is 0 Å². The number of phenols is 1. The Bertz CT molecular complexity index is 833. The van der Waals surface area contributed by atoms with Crippen LogP contribution in [0.2, 0.25) is 0 Å². The normalized spacial score (nSPS) is 12.3. The van der Waals surface area contributed by atoms with E-state index in [2.05, 4.69) is 41.5 Å². The van der Waals surface area contributed by atoms with Crippen LogP contribution in [0.1, 0.15) is 63.8 Å². The molecule has 0 saturated carbocycles. The SMILES string of the molecule is CC(C)(C)c1cc(COCCOC(=O)/C=C/c2ccccc2)cc(C(C)(C)C)c1O. The van der Waals surface area contributed by atoms with Crippen molar-refractivity contribution in [3.05, 3.63) is 70.8 Å². The van der Waals surface area contributed by atoms with Crippen LogP contribution in [-0.4, -0.2) is 24.3 Å². The van der Waals surface area contributed by atoms with E-state index in [1.54, 1.807) is 6.08 Å². The summed E-state index contributed by atoms with van der Waals surface area (Å²) in [5, 5.41) is 10.8. The van der Waals surface area contributed by atoms with E-state index < -0.39 is 5.97 Å². The van der Waals surface area contributed by atoms with Crippen molar-refractivity contribution in [2.24, 2.45) is 0 Å². The maximum Gasteiger partial charge on any atom is 0.330 e. The van der Waals surface area contributed by atoms with Crippen molar-refractivity contribution in [1.82, 2.24) is 0 Å². The van der Waals surface area contributed by atoms with Crippen LogP contribution >= 0.6 is 0 Å². The lowest BCUT2D eigenvalue weighted by molar-refractivity contribution is -0.139. The summed E-state index contributed by atoms with van der Waals surface area (Å²) in [6.45, 7) is 13.4. The van der Waals surface area contributed by atoms with Gasteiger partial charge < -0.3 is 14.6 Å². The van der Waals surface area contributed by atoms with Crippen molar-refractivity contribution in [3.63, 3.8) is 0 Å². The molecule has 30 heavy (non-hydrogen) atoms. The summed E-state index contributed by atoms with van der Waals surface area (Å²) in [6, 6.07) is 13.6. The van der Waals surface area contributed by atoms with Crippen molar-refractivity contribution < 1.29 is 19.4 Å². The van der Waals surface area contributed by atoms with Gasteiger partial charge in [-0.25, -0.2) is 4.79 Å². The number of phenolic OH excluding ortho intramolecular Hbond substituents is 1. The third kappa shape index (κ3) is 7.03. The fraction of sp³-hybridized carbons (Fsp3) is 0.423. The first-order valence-electron chi connectivity index (χ1n) is 10.3. The second-order valence-corrected chi connectivity index (χ2v) is 9.50. The molecule has 162 valence electrons. The molecule has 0 radical (unpaired) electrons.